The lowest BCUT2D eigenvalue weighted by molar-refractivity contribution is -0.121. The van der Waals surface area contributed by atoms with Gasteiger partial charge >= 0.3 is 0 Å². The number of nitriles is 1. The average Bonchev–Trinajstić information content (AvgIpc) is 2.74. The SMILES string of the molecule is N#Cc1ccc(N2CCC(NC(=O)CCNS(=O)(=O)c3ccc(F)cc3)CC2)cc1. The molecule has 1 aliphatic heterocycles. The first-order valence-corrected chi connectivity index (χ1v) is 11.2. The fourth-order valence-corrected chi connectivity index (χ4v) is 4.36. The minimum absolute atomic E-state index is 0.0241. The lowest BCUT2D eigenvalue weighted by Gasteiger charge is -2.34. The number of nitrogens with one attached hydrogen (secondary N) is 2. The molecule has 2 aromatic rings. The van der Waals surface area contributed by atoms with Gasteiger partial charge in [-0.05, 0) is 61.4 Å². The number of anilines is 1. The Kier molecular flexibility index (Phi) is 7.03. The molecule has 2 aromatic carbocycles. The van der Waals surface area contributed by atoms with Gasteiger partial charge in [0.15, 0.2) is 0 Å². The molecular formula is C21H23FN4O3S. The maximum atomic E-state index is 12.9. The average molecular weight is 431 g/mol. The van der Waals surface area contributed by atoms with Crippen molar-refractivity contribution in [3.05, 3.63) is 59.9 Å². The summed E-state index contributed by atoms with van der Waals surface area (Å²) in [6, 6.07) is 14.1. The van der Waals surface area contributed by atoms with E-state index in [0.29, 0.717) is 5.56 Å². The molecule has 0 bridgehead atoms. The van der Waals surface area contributed by atoms with Crippen LogP contribution in [0.25, 0.3) is 0 Å². The zero-order valence-corrected chi connectivity index (χ0v) is 17.2. The van der Waals surface area contributed by atoms with E-state index in [2.05, 4.69) is 21.0 Å². The van der Waals surface area contributed by atoms with Crippen molar-refractivity contribution in [1.29, 1.82) is 5.26 Å². The third-order valence-corrected chi connectivity index (χ3v) is 6.47. The van der Waals surface area contributed by atoms with Gasteiger partial charge in [-0.2, -0.15) is 5.26 Å². The fraction of sp³-hybridized carbons (Fsp3) is 0.333. The van der Waals surface area contributed by atoms with Gasteiger partial charge in [0.05, 0.1) is 16.5 Å². The maximum absolute atomic E-state index is 12.9. The lowest BCUT2D eigenvalue weighted by atomic mass is 10.0. The third-order valence-electron chi connectivity index (χ3n) is 4.99. The van der Waals surface area contributed by atoms with Crippen molar-refractivity contribution in [1.82, 2.24) is 10.0 Å². The summed E-state index contributed by atoms with van der Waals surface area (Å²) in [6.45, 7) is 1.54. The number of amides is 1. The highest BCUT2D eigenvalue weighted by atomic mass is 32.2. The van der Waals surface area contributed by atoms with Crippen LogP contribution in [0.1, 0.15) is 24.8 Å². The van der Waals surface area contributed by atoms with Crippen LogP contribution in [-0.2, 0) is 14.8 Å². The fourth-order valence-electron chi connectivity index (χ4n) is 3.32. The van der Waals surface area contributed by atoms with Crippen LogP contribution in [0, 0.1) is 17.1 Å². The minimum Gasteiger partial charge on any atom is -0.371 e. The molecule has 9 heteroatoms. The van der Waals surface area contributed by atoms with Crippen LogP contribution in [0.5, 0.6) is 0 Å². The zero-order chi connectivity index (χ0) is 21.6. The highest BCUT2D eigenvalue weighted by Crippen LogP contribution is 2.20. The highest BCUT2D eigenvalue weighted by molar-refractivity contribution is 7.89. The van der Waals surface area contributed by atoms with Crippen molar-refractivity contribution in [3.63, 3.8) is 0 Å². The molecule has 0 radical (unpaired) electrons. The Labute approximate surface area is 175 Å². The first kappa shape index (κ1) is 21.7. The van der Waals surface area contributed by atoms with Crippen LogP contribution in [0.15, 0.2) is 53.4 Å². The van der Waals surface area contributed by atoms with Crippen molar-refractivity contribution < 1.29 is 17.6 Å². The van der Waals surface area contributed by atoms with Crippen molar-refractivity contribution in [2.24, 2.45) is 0 Å². The lowest BCUT2D eigenvalue weighted by Crippen LogP contribution is -2.45. The molecule has 2 N–H and O–H groups in total. The number of hydrogen-bond donors (Lipinski definition) is 2. The molecule has 1 heterocycles. The van der Waals surface area contributed by atoms with Gasteiger partial charge in [-0.15, -0.1) is 0 Å². The van der Waals surface area contributed by atoms with E-state index < -0.39 is 15.8 Å². The summed E-state index contributed by atoms with van der Waals surface area (Å²) >= 11 is 0. The van der Waals surface area contributed by atoms with E-state index in [4.69, 9.17) is 5.26 Å². The number of halogens is 1. The van der Waals surface area contributed by atoms with Gasteiger partial charge in [-0.1, -0.05) is 0 Å². The van der Waals surface area contributed by atoms with Crippen LogP contribution >= 0.6 is 0 Å². The van der Waals surface area contributed by atoms with Crippen LogP contribution in [-0.4, -0.2) is 40.0 Å². The van der Waals surface area contributed by atoms with E-state index >= 15 is 0 Å². The Balaban J connectivity index is 1.40. The summed E-state index contributed by atoms with van der Waals surface area (Å²) in [6.07, 6.45) is 1.59. The molecule has 0 saturated carbocycles. The van der Waals surface area contributed by atoms with Gasteiger partial charge in [0.1, 0.15) is 5.82 Å². The molecule has 30 heavy (non-hydrogen) atoms. The van der Waals surface area contributed by atoms with Gasteiger partial charge in [-0.3, -0.25) is 4.79 Å². The second kappa shape index (κ2) is 9.69. The Morgan fingerprint density at radius 2 is 1.73 bits per heavy atom. The standard InChI is InChI=1S/C21H23FN4O3S/c22-17-3-7-20(8-4-17)30(28,29)24-12-9-21(27)25-18-10-13-26(14-11-18)19-5-1-16(15-23)2-6-19/h1-8,18,24H,9-14H2,(H,25,27). The van der Waals surface area contributed by atoms with E-state index in [1.807, 2.05) is 12.1 Å². The van der Waals surface area contributed by atoms with E-state index in [1.54, 1.807) is 12.1 Å². The number of sulfonamides is 1. The summed E-state index contributed by atoms with van der Waals surface area (Å²) in [5.74, 6) is -0.729. The maximum Gasteiger partial charge on any atom is 0.240 e. The monoisotopic (exact) mass is 430 g/mol. The number of carbonyl (C=O) groups excluding carboxylic acids is 1. The number of benzene rings is 2. The van der Waals surface area contributed by atoms with Crippen molar-refractivity contribution in [2.75, 3.05) is 24.5 Å². The van der Waals surface area contributed by atoms with Crippen LogP contribution in [0.3, 0.4) is 0 Å². The molecule has 3 rings (SSSR count). The van der Waals surface area contributed by atoms with E-state index in [-0.39, 0.29) is 29.8 Å². The highest BCUT2D eigenvalue weighted by Gasteiger charge is 2.21. The predicted octanol–water partition coefficient (Wildman–Crippen LogP) is 2.15. The van der Waals surface area contributed by atoms with Gasteiger partial charge in [0.25, 0.3) is 0 Å². The zero-order valence-electron chi connectivity index (χ0n) is 16.3. The summed E-state index contributed by atoms with van der Waals surface area (Å²) < 4.78 is 39.6. The minimum atomic E-state index is -3.77. The van der Waals surface area contributed by atoms with E-state index in [1.165, 1.54) is 12.1 Å². The number of nitrogens with zero attached hydrogens (tertiary/aromatic N) is 2. The molecule has 7 nitrogen and oxygen atoms in total. The van der Waals surface area contributed by atoms with Gasteiger partial charge < -0.3 is 10.2 Å². The molecule has 158 valence electrons. The number of piperidine rings is 1. The second-order valence-electron chi connectivity index (χ2n) is 7.09. The molecule has 0 atom stereocenters. The molecule has 0 aliphatic carbocycles. The van der Waals surface area contributed by atoms with Gasteiger partial charge in [0.2, 0.25) is 15.9 Å². The van der Waals surface area contributed by atoms with E-state index in [0.717, 1.165) is 43.8 Å². The summed E-state index contributed by atoms with van der Waals surface area (Å²) in [4.78, 5) is 14.3. The Hall–Kier alpha value is -2.96. The first-order chi connectivity index (χ1) is 14.4. The Morgan fingerprint density at radius 3 is 2.33 bits per heavy atom. The predicted molar refractivity (Wildman–Crippen MR) is 111 cm³/mol. The van der Waals surface area contributed by atoms with Crippen molar-refractivity contribution in [2.45, 2.75) is 30.2 Å². The molecule has 0 spiro atoms. The molecule has 1 fully saturated rings. The molecule has 0 aromatic heterocycles. The number of carbonyl (C=O) groups is 1. The summed E-state index contributed by atoms with van der Waals surface area (Å²) in [5, 5.41) is 11.8. The molecular weight excluding hydrogens is 407 g/mol. The first-order valence-electron chi connectivity index (χ1n) is 9.67. The summed E-state index contributed by atoms with van der Waals surface area (Å²) in [7, 11) is -3.77. The normalized spacial score (nSPS) is 14.9. The Bertz CT molecular complexity index is 1010. The van der Waals surface area contributed by atoms with Crippen LogP contribution < -0.4 is 14.9 Å². The topological polar surface area (TPSA) is 102 Å². The van der Waals surface area contributed by atoms with Crippen molar-refractivity contribution >= 4 is 21.6 Å². The van der Waals surface area contributed by atoms with Crippen LogP contribution in [0.2, 0.25) is 0 Å². The number of hydrogen-bond acceptors (Lipinski definition) is 5. The van der Waals surface area contributed by atoms with Gasteiger partial charge in [-0.25, -0.2) is 17.5 Å². The molecule has 1 amide bonds. The smallest absolute Gasteiger partial charge is 0.240 e. The third kappa shape index (κ3) is 5.78. The molecule has 1 aliphatic rings. The molecule has 0 unspecified atom stereocenters. The van der Waals surface area contributed by atoms with Gasteiger partial charge in [0, 0.05) is 37.8 Å². The van der Waals surface area contributed by atoms with Crippen molar-refractivity contribution in [3.8, 4) is 6.07 Å². The Morgan fingerprint density at radius 1 is 1.10 bits per heavy atom. The second-order valence-corrected chi connectivity index (χ2v) is 8.86. The largest absolute Gasteiger partial charge is 0.371 e. The molecule has 1 saturated heterocycles. The van der Waals surface area contributed by atoms with E-state index in [9.17, 15) is 17.6 Å². The number of rotatable bonds is 7. The quantitative estimate of drug-likeness (QED) is 0.701. The van der Waals surface area contributed by atoms with Crippen LogP contribution in [0.4, 0.5) is 10.1 Å². The summed E-state index contributed by atoms with van der Waals surface area (Å²) in [5.41, 5.74) is 1.67.